The maximum atomic E-state index is 13.4. The maximum absolute atomic E-state index is 13.4. The largest absolute Gasteiger partial charge is 1.00 e. The van der Waals surface area contributed by atoms with E-state index in [2.05, 4.69) is 0 Å². The van der Waals surface area contributed by atoms with Crippen molar-refractivity contribution in [2.45, 2.75) is 44.8 Å². The van der Waals surface area contributed by atoms with Gasteiger partial charge in [-0.1, -0.05) is 50.3 Å². The normalized spacial score (nSPS) is 13.5. The summed E-state index contributed by atoms with van der Waals surface area (Å²) in [5, 5.41) is 31.4. The predicted octanol–water partition coefficient (Wildman–Crippen LogP) is 0.631. The molecule has 31 heavy (non-hydrogen) atoms. The monoisotopic (exact) mass is 434 g/mol. The molecule has 0 aliphatic carbocycles. The fraction of sp³-hybridized carbons (Fsp3) is 0.292. The molecular formula is C24H24FNaO5. The average Bonchev–Trinajstić information content (AvgIpc) is 3.05. The zero-order valence-electron chi connectivity index (χ0n) is 17.8. The zero-order chi connectivity index (χ0) is 21.8. The molecule has 158 valence electrons. The summed E-state index contributed by atoms with van der Waals surface area (Å²) < 4.78 is 19.5. The quantitative estimate of drug-likeness (QED) is 0.508. The van der Waals surface area contributed by atoms with Gasteiger partial charge in [0.1, 0.15) is 17.2 Å². The Hall–Kier alpha value is -1.96. The minimum absolute atomic E-state index is 0. The van der Waals surface area contributed by atoms with Crippen molar-refractivity contribution >= 4 is 23.0 Å². The van der Waals surface area contributed by atoms with Crippen LogP contribution in [0.4, 0.5) is 4.39 Å². The van der Waals surface area contributed by atoms with Crippen LogP contribution in [-0.4, -0.2) is 28.4 Å². The summed E-state index contributed by atoms with van der Waals surface area (Å²) in [5.74, 6) is -0.887. The summed E-state index contributed by atoms with van der Waals surface area (Å²) in [5.41, 5.74) is 3.16. The van der Waals surface area contributed by atoms with Crippen molar-refractivity contribution < 1.29 is 58.5 Å². The fourth-order valence-electron chi connectivity index (χ4n) is 3.50. The molecule has 0 unspecified atom stereocenters. The Kier molecular flexibility index (Phi) is 9.03. The van der Waals surface area contributed by atoms with Crippen LogP contribution in [0.25, 0.3) is 28.2 Å². The number of carboxylic acid groups (broad SMARTS) is 1. The van der Waals surface area contributed by atoms with E-state index >= 15 is 0 Å². The second kappa shape index (κ2) is 11.1. The van der Waals surface area contributed by atoms with Crippen LogP contribution in [0.1, 0.15) is 43.9 Å². The first-order chi connectivity index (χ1) is 14.3. The van der Waals surface area contributed by atoms with Gasteiger partial charge in [0.05, 0.1) is 12.2 Å². The number of aliphatic hydroxyl groups is 2. The van der Waals surface area contributed by atoms with Crippen LogP contribution in [0.2, 0.25) is 0 Å². The average molecular weight is 434 g/mol. The van der Waals surface area contributed by atoms with Crippen LogP contribution in [-0.2, 0) is 4.79 Å². The molecule has 0 aliphatic rings. The number of hydrogen-bond donors (Lipinski definition) is 2. The van der Waals surface area contributed by atoms with E-state index in [9.17, 15) is 24.5 Å². The second-order valence-corrected chi connectivity index (χ2v) is 7.61. The molecule has 0 radical (unpaired) electrons. The number of aliphatic carboxylic acids is 1. The van der Waals surface area contributed by atoms with Crippen LogP contribution < -0.4 is 34.7 Å². The van der Waals surface area contributed by atoms with E-state index in [1.54, 1.807) is 18.2 Å². The summed E-state index contributed by atoms with van der Waals surface area (Å²) in [7, 11) is 0. The van der Waals surface area contributed by atoms with Gasteiger partial charge < -0.3 is 24.5 Å². The zero-order valence-corrected chi connectivity index (χ0v) is 19.8. The van der Waals surface area contributed by atoms with Gasteiger partial charge in [-0.05, 0) is 29.3 Å². The molecule has 0 saturated carbocycles. The van der Waals surface area contributed by atoms with E-state index in [0.29, 0.717) is 5.58 Å². The van der Waals surface area contributed by atoms with Crippen LogP contribution in [0.3, 0.4) is 0 Å². The van der Waals surface area contributed by atoms with Crippen LogP contribution in [0, 0.1) is 5.82 Å². The molecule has 0 spiro atoms. The summed E-state index contributed by atoms with van der Waals surface area (Å²) in [6, 6.07) is 11.8. The smallest absolute Gasteiger partial charge is 0.550 e. The van der Waals surface area contributed by atoms with E-state index in [1.807, 2.05) is 32.0 Å². The molecule has 0 amide bonds. The van der Waals surface area contributed by atoms with E-state index in [-0.39, 0.29) is 47.7 Å². The van der Waals surface area contributed by atoms with E-state index < -0.39 is 24.6 Å². The van der Waals surface area contributed by atoms with Crippen molar-refractivity contribution in [3.05, 3.63) is 65.7 Å². The SMILES string of the molecule is CC(C)c1oc2cccc(-c3ccc(F)cc3)c2c1/C=C/[C@@H](O)C[C@@H](O)CC(=O)[O-].[Na+]. The van der Waals surface area contributed by atoms with Crippen LogP contribution in [0.5, 0.6) is 0 Å². The molecule has 5 nitrogen and oxygen atoms in total. The number of rotatable bonds is 8. The van der Waals surface area contributed by atoms with Crippen molar-refractivity contribution in [3.8, 4) is 11.1 Å². The number of hydrogen-bond acceptors (Lipinski definition) is 5. The van der Waals surface area contributed by atoms with Gasteiger partial charge in [-0.3, -0.25) is 0 Å². The Labute approximate surface area is 202 Å². The van der Waals surface area contributed by atoms with Gasteiger partial charge in [-0.2, -0.15) is 0 Å². The molecular weight excluding hydrogens is 410 g/mol. The van der Waals surface area contributed by atoms with Gasteiger partial charge in [0.15, 0.2) is 0 Å². The van der Waals surface area contributed by atoms with E-state index in [0.717, 1.165) is 27.8 Å². The summed E-state index contributed by atoms with van der Waals surface area (Å²) in [4.78, 5) is 10.6. The first-order valence-electron chi connectivity index (χ1n) is 9.81. The molecule has 2 atom stereocenters. The Morgan fingerprint density at radius 3 is 2.45 bits per heavy atom. The Balaban J connectivity index is 0.00000341. The first kappa shape index (κ1) is 25.3. The van der Waals surface area contributed by atoms with Crippen molar-refractivity contribution in [1.82, 2.24) is 0 Å². The third-order valence-corrected chi connectivity index (χ3v) is 4.86. The molecule has 7 heteroatoms. The Morgan fingerprint density at radius 1 is 1.16 bits per heavy atom. The van der Waals surface area contributed by atoms with Gasteiger partial charge in [-0.25, -0.2) is 4.39 Å². The van der Waals surface area contributed by atoms with Crippen molar-refractivity contribution in [1.29, 1.82) is 0 Å². The van der Waals surface area contributed by atoms with Gasteiger partial charge >= 0.3 is 29.6 Å². The summed E-state index contributed by atoms with van der Waals surface area (Å²) in [6.45, 7) is 3.99. The molecule has 0 fully saturated rings. The third kappa shape index (κ3) is 6.28. The summed E-state index contributed by atoms with van der Waals surface area (Å²) >= 11 is 0. The molecule has 1 aromatic heterocycles. The number of carboxylic acids is 1. The maximum Gasteiger partial charge on any atom is 1.00 e. The van der Waals surface area contributed by atoms with Crippen molar-refractivity contribution in [2.24, 2.45) is 0 Å². The predicted molar refractivity (Wildman–Crippen MR) is 111 cm³/mol. The van der Waals surface area contributed by atoms with Gasteiger partial charge in [0.2, 0.25) is 0 Å². The minimum Gasteiger partial charge on any atom is -0.550 e. The molecule has 0 bridgehead atoms. The topological polar surface area (TPSA) is 93.7 Å². The molecule has 2 N–H and O–H groups in total. The molecule has 3 rings (SSSR count). The first-order valence-corrected chi connectivity index (χ1v) is 9.81. The number of fused-ring (bicyclic) bond motifs is 1. The number of halogens is 1. The minimum atomic E-state index is -1.37. The standard InChI is InChI=1S/C24H25FO5.Na/c1-14(2)24-20(11-10-17(26)12-18(27)13-22(28)29)23-19(4-3-5-21(23)30-24)15-6-8-16(25)9-7-15;/h3-11,14,17-18,26-27H,12-13H2,1-2H3,(H,28,29);/q;+1/p-1/b11-10+;/t17-,18-;/m1./s1. The van der Waals surface area contributed by atoms with Gasteiger partial charge in [0.25, 0.3) is 0 Å². The number of benzene rings is 2. The number of carbonyl (C=O) groups excluding carboxylic acids is 1. The molecule has 3 aromatic rings. The Bertz CT molecular complexity index is 1060. The number of aliphatic hydroxyl groups excluding tert-OH is 2. The van der Waals surface area contributed by atoms with Crippen LogP contribution in [0.15, 0.2) is 53.0 Å². The number of furan rings is 1. The van der Waals surface area contributed by atoms with E-state index in [1.165, 1.54) is 18.2 Å². The third-order valence-electron chi connectivity index (χ3n) is 4.86. The molecule has 0 saturated heterocycles. The number of carbonyl (C=O) groups is 1. The van der Waals surface area contributed by atoms with Crippen LogP contribution >= 0.6 is 0 Å². The molecule has 0 aliphatic heterocycles. The van der Waals surface area contributed by atoms with E-state index in [4.69, 9.17) is 4.42 Å². The molecule has 1 heterocycles. The van der Waals surface area contributed by atoms with Gasteiger partial charge in [0, 0.05) is 35.7 Å². The summed E-state index contributed by atoms with van der Waals surface area (Å²) in [6.07, 6.45) is 0.339. The second-order valence-electron chi connectivity index (χ2n) is 7.61. The Morgan fingerprint density at radius 2 is 1.84 bits per heavy atom. The van der Waals surface area contributed by atoms with Crippen molar-refractivity contribution in [2.75, 3.05) is 0 Å². The fourth-order valence-corrected chi connectivity index (χ4v) is 3.50. The van der Waals surface area contributed by atoms with Gasteiger partial charge in [-0.15, -0.1) is 0 Å². The molecule has 2 aromatic carbocycles. The van der Waals surface area contributed by atoms with Crippen molar-refractivity contribution in [3.63, 3.8) is 0 Å².